The second-order valence-electron chi connectivity index (χ2n) is 6.38. The molecule has 2 rings (SSSR count). The van der Waals surface area contributed by atoms with Gasteiger partial charge in [-0.1, -0.05) is 12.1 Å². The van der Waals surface area contributed by atoms with Gasteiger partial charge >= 0.3 is 0 Å². The lowest BCUT2D eigenvalue weighted by Gasteiger charge is -2.26. The Labute approximate surface area is 119 Å². The standard InChI is InChI=1S/C14H24N4O2/c1-10-4-6-11(7-5-10)15-13(19)9-18-8-12(16-17-18)14(2,3)20/h8,10-11,20H,4-7,9H2,1-3H3,(H,15,19). The summed E-state index contributed by atoms with van der Waals surface area (Å²) in [5, 5.41) is 20.6. The molecule has 6 nitrogen and oxygen atoms in total. The maximum atomic E-state index is 12.0. The summed E-state index contributed by atoms with van der Waals surface area (Å²) in [7, 11) is 0. The Morgan fingerprint density at radius 2 is 2.10 bits per heavy atom. The van der Waals surface area contributed by atoms with Crippen molar-refractivity contribution < 1.29 is 9.90 Å². The van der Waals surface area contributed by atoms with Crippen LogP contribution in [0.5, 0.6) is 0 Å². The number of aliphatic hydroxyl groups is 1. The molecule has 1 aliphatic rings. The third-order valence-electron chi connectivity index (χ3n) is 3.85. The Morgan fingerprint density at radius 3 is 2.65 bits per heavy atom. The van der Waals surface area contributed by atoms with Gasteiger partial charge in [-0.15, -0.1) is 5.10 Å². The molecule has 0 saturated heterocycles. The van der Waals surface area contributed by atoms with Gasteiger partial charge in [-0.05, 0) is 45.4 Å². The van der Waals surface area contributed by atoms with Crippen LogP contribution in [0.3, 0.4) is 0 Å². The molecule has 20 heavy (non-hydrogen) atoms. The van der Waals surface area contributed by atoms with E-state index >= 15 is 0 Å². The number of hydrogen-bond donors (Lipinski definition) is 2. The van der Waals surface area contributed by atoms with Gasteiger partial charge in [0.1, 0.15) is 17.8 Å². The van der Waals surface area contributed by atoms with Crippen molar-refractivity contribution in [2.75, 3.05) is 0 Å². The van der Waals surface area contributed by atoms with Crippen LogP contribution in [-0.4, -0.2) is 32.0 Å². The van der Waals surface area contributed by atoms with E-state index in [2.05, 4.69) is 22.6 Å². The fourth-order valence-corrected chi connectivity index (χ4v) is 2.48. The second kappa shape index (κ2) is 5.91. The molecular weight excluding hydrogens is 256 g/mol. The molecule has 0 bridgehead atoms. The van der Waals surface area contributed by atoms with Crippen molar-refractivity contribution in [1.82, 2.24) is 20.3 Å². The van der Waals surface area contributed by atoms with Crippen LogP contribution in [0.25, 0.3) is 0 Å². The summed E-state index contributed by atoms with van der Waals surface area (Å²) in [6.07, 6.45) is 6.08. The number of nitrogens with one attached hydrogen (secondary N) is 1. The van der Waals surface area contributed by atoms with E-state index in [0.29, 0.717) is 5.69 Å². The third-order valence-corrected chi connectivity index (χ3v) is 3.85. The number of amides is 1. The first-order chi connectivity index (χ1) is 9.34. The first kappa shape index (κ1) is 15.0. The molecule has 0 unspecified atom stereocenters. The minimum atomic E-state index is -1.03. The van der Waals surface area contributed by atoms with E-state index in [-0.39, 0.29) is 18.5 Å². The Hall–Kier alpha value is -1.43. The zero-order valence-corrected chi connectivity index (χ0v) is 12.5. The van der Waals surface area contributed by atoms with Crippen LogP contribution < -0.4 is 5.32 Å². The van der Waals surface area contributed by atoms with Crippen molar-refractivity contribution >= 4 is 5.91 Å². The Morgan fingerprint density at radius 1 is 1.45 bits per heavy atom. The van der Waals surface area contributed by atoms with E-state index in [1.54, 1.807) is 20.0 Å². The highest BCUT2D eigenvalue weighted by Crippen LogP contribution is 2.23. The fourth-order valence-electron chi connectivity index (χ4n) is 2.48. The topological polar surface area (TPSA) is 80.0 Å². The average Bonchev–Trinajstić information content (AvgIpc) is 2.80. The van der Waals surface area contributed by atoms with E-state index in [4.69, 9.17) is 0 Å². The number of carbonyl (C=O) groups is 1. The number of hydrogen-bond acceptors (Lipinski definition) is 4. The van der Waals surface area contributed by atoms with Gasteiger partial charge in [-0.25, -0.2) is 4.68 Å². The van der Waals surface area contributed by atoms with Gasteiger partial charge in [0.05, 0.1) is 6.20 Å². The molecule has 0 aromatic carbocycles. The zero-order valence-electron chi connectivity index (χ0n) is 12.5. The van der Waals surface area contributed by atoms with Gasteiger partial charge in [0.15, 0.2) is 0 Å². The maximum absolute atomic E-state index is 12.0. The highest BCUT2D eigenvalue weighted by molar-refractivity contribution is 5.75. The summed E-state index contributed by atoms with van der Waals surface area (Å²) in [6, 6.07) is 0.288. The molecule has 0 radical (unpaired) electrons. The van der Waals surface area contributed by atoms with Crippen LogP contribution in [0, 0.1) is 5.92 Å². The predicted molar refractivity (Wildman–Crippen MR) is 74.8 cm³/mol. The largest absolute Gasteiger partial charge is 0.384 e. The summed E-state index contributed by atoms with van der Waals surface area (Å²) in [5.41, 5.74) is -0.564. The van der Waals surface area contributed by atoms with E-state index in [0.717, 1.165) is 18.8 Å². The summed E-state index contributed by atoms with van der Waals surface area (Å²) >= 11 is 0. The summed E-state index contributed by atoms with van der Waals surface area (Å²) in [4.78, 5) is 12.0. The van der Waals surface area contributed by atoms with Crippen LogP contribution in [-0.2, 0) is 16.9 Å². The van der Waals surface area contributed by atoms with Crippen molar-refractivity contribution in [3.63, 3.8) is 0 Å². The minimum Gasteiger partial charge on any atom is -0.384 e. The van der Waals surface area contributed by atoms with Crippen molar-refractivity contribution in [3.05, 3.63) is 11.9 Å². The number of aromatic nitrogens is 3. The lowest BCUT2D eigenvalue weighted by molar-refractivity contribution is -0.122. The van der Waals surface area contributed by atoms with Gasteiger partial charge < -0.3 is 10.4 Å². The molecule has 112 valence electrons. The molecule has 0 spiro atoms. The normalized spacial score (nSPS) is 23.6. The van der Waals surface area contributed by atoms with Crippen LogP contribution in [0.1, 0.15) is 52.1 Å². The van der Waals surface area contributed by atoms with Gasteiger partial charge in [0.25, 0.3) is 0 Å². The van der Waals surface area contributed by atoms with E-state index in [1.165, 1.54) is 17.5 Å². The van der Waals surface area contributed by atoms with Crippen LogP contribution in [0.15, 0.2) is 6.20 Å². The molecule has 1 heterocycles. The fraction of sp³-hybridized carbons (Fsp3) is 0.786. The highest BCUT2D eigenvalue weighted by Gasteiger charge is 2.22. The molecule has 1 aliphatic carbocycles. The second-order valence-corrected chi connectivity index (χ2v) is 6.38. The Bertz CT molecular complexity index is 456. The molecule has 1 saturated carbocycles. The average molecular weight is 280 g/mol. The van der Waals surface area contributed by atoms with Crippen LogP contribution in [0.4, 0.5) is 0 Å². The summed E-state index contributed by atoms with van der Waals surface area (Å²) < 4.78 is 1.47. The molecule has 1 amide bonds. The molecule has 6 heteroatoms. The Balaban J connectivity index is 1.84. The molecule has 0 aliphatic heterocycles. The molecular formula is C14H24N4O2. The maximum Gasteiger partial charge on any atom is 0.242 e. The minimum absolute atomic E-state index is 0.0447. The number of nitrogens with zero attached hydrogens (tertiary/aromatic N) is 3. The molecule has 1 aromatic rings. The van der Waals surface area contributed by atoms with Gasteiger partial charge in [0.2, 0.25) is 5.91 Å². The van der Waals surface area contributed by atoms with Gasteiger partial charge in [-0.3, -0.25) is 4.79 Å². The lowest BCUT2D eigenvalue weighted by atomic mass is 9.87. The van der Waals surface area contributed by atoms with Crippen LogP contribution >= 0.6 is 0 Å². The molecule has 2 N–H and O–H groups in total. The van der Waals surface area contributed by atoms with E-state index in [9.17, 15) is 9.90 Å². The Kier molecular flexibility index (Phi) is 4.42. The molecule has 1 fully saturated rings. The van der Waals surface area contributed by atoms with Crippen LogP contribution in [0.2, 0.25) is 0 Å². The lowest BCUT2D eigenvalue weighted by Crippen LogP contribution is -2.39. The predicted octanol–water partition coefficient (Wildman–Crippen LogP) is 1.20. The molecule has 0 atom stereocenters. The highest BCUT2D eigenvalue weighted by atomic mass is 16.3. The van der Waals surface area contributed by atoms with Crippen molar-refractivity contribution in [2.45, 2.75) is 64.6 Å². The van der Waals surface area contributed by atoms with E-state index < -0.39 is 5.60 Å². The smallest absolute Gasteiger partial charge is 0.242 e. The SMILES string of the molecule is CC1CCC(NC(=O)Cn2cc(C(C)(C)O)nn2)CC1. The summed E-state index contributed by atoms with van der Waals surface area (Å²) in [6.45, 7) is 5.69. The van der Waals surface area contributed by atoms with Crippen molar-refractivity contribution in [2.24, 2.45) is 5.92 Å². The van der Waals surface area contributed by atoms with Crippen molar-refractivity contribution in [1.29, 1.82) is 0 Å². The number of carbonyl (C=O) groups excluding carboxylic acids is 1. The quantitative estimate of drug-likeness (QED) is 0.868. The van der Waals surface area contributed by atoms with Crippen molar-refractivity contribution in [3.8, 4) is 0 Å². The van der Waals surface area contributed by atoms with E-state index in [1.807, 2.05) is 0 Å². The first-order valence-electron chi connectivity index (χ1n) is 7.27. The monoisotopic (exact) mass is 280 g/mol. The zero-order chi connectivity index (χ0) is 14.8. The molecule has 1 aromatic heterocycles. The van der Waals surface area contributed by atoms with Gasteiger partial charge in [-0.2, -0.15) is 0 Å². The number of rotatable bonds is 4. The summed E-state index contributed by atoms with van der Waals surface area (Å²) in [5.74, 6) is 0.726. The first-order valence-corrected chi connectivity index (χ1v) is 7.27. The van der Waals surface area contributed by atoms with Gasteiger partial charge in [0, 0.05) is 6.04 Å². The third kappa shape index (κ3) is 4.03.